The molecule has 5 heteroatoms. The van der Waals surface area contributed by atoms with Crippen molar-refractivity contribution in [3.8, 4) is 0 Å². The minimum atomic E-state index is 0.0614. The Kier molecular flexibility index (Phi) is 4.17. The fraction of sp³-hybridized carbons (Fsp3) is 0.263. The van der Waals surface area contributed by atoms with Crippen molar-refractivity contribution in [1.29, 1.82) is 0 Å². The van der Waals surface area contributed by atoms with Gasteiger partial charge in [0.05, 0.1) is 17.2 Å². The highest BCUT2D eigenvalue weighted by Gasteiger charge is 2.27. The smallest absolute Gasteiger partial charge is 0.247 e. The first-order valence-electron chi connectivity index (χ1n) is 8.26. The molecule has 1 fully saturated rings. The second-order valence-electron chi connectivity index (χ2n) is 6.10. The Labute approximate surface area is 144 Å². The summed E-state index contributed by atoms with van der Waals surface area (Å²) in [6, 6.07) is 10.6. The lowest BCUT2D eigenvalue weighted by Crippen LogP contribution is -2.37. The number of benzene rings is 1. The average molecular weight is 337 g/mol. The molecule has 4 nitrogen and oxygen atoms in total. The number of thiazole rings is 1. The molecule has 1 saturated heterocycles. The maximum absolute atomic E-state index is 12.7. The van der Waals surface area contributed by atoms with Gasteiger partial charge in [-0.15, -0.1) is 11.3 Å². The molecule has 0 saturated carbocycles. The molecule has 1 atom stereocenters. The third kappa shape index (κ3) is 2.99. The lowest BCUT2D eigenvalue weighted by atomic mass is 9.99. The zero-order valence-electron chi connectivity index (χ0n) is 13.3. The molecule has 3 heterocycles. The molecule has 1 amide bonds. The highest BCUT2D eigenvalue weighted by Crippen LogP contribution is 2.32. The van der Waals surface area contributed by atoms with Crippen LogP contribution in [-0.2, 0) is 4.79 Å². The number of likely N-dealkylation sites (tertiary alicyclic amines) is 1. The first kappa shape index (κ1) is 15.1. The summed E-state index contributed by atoms with van der Waals surface area (Å²) in [6.45, 7) is 0.806. The summed E-state index contributed by atoms with van der Waals surface area (Å²) >= 11 is 1.53. The van der Waals surface area contributed by atoms with E-state index in [9.17, 15) is 4.79 Å². The van der Waals surface area contributed by atoms with Crippen LogP contribution in [0, 0.1) is 0 Å². The van der Waals surface area contributed by atoms with Crippen LogP contribution in [0.2, 0.25) is 0 Å². The number of carbonyl (C=O) groups excluding carboxylic acids is 1. The minimum Gasteiger partial charge on any atom is -0.357 e. The van der Waals surface area contributed by atoms with Gasteiger partial charge in [-0.2, -0.15) is 0 Å². The highest BCUT2D eigenvalue weighted by atomic mass is 32.1. The summed E-state index contributed by atoms with van der Waals surface area (Å²) in [5.74, 6) is 0.0614. The average Bonchev–Trinajstić information content (AvgIpc) is 3.29. The summed E-state index contributed by atoms with van der Waals surface area (Å²) in [6.07, 6.45) is 6.67. The molecule has 0 spiro atoms. The Morgan fingerprint density at radius 1 is 1.33 bits per heavy atom. The van der Waals surface area contributed by atoms with Crippen LogP contribution < -0.4 is 0 Å². The molecule has 4 rings (SSSR count). The van der Waals surface area contributed by atoms with Gasteiger partial charge in [0.2, 0.25) is 5.91 Å². The number of aromatic amines is 1. The molecular formula is C19H19N3OS. The van der Waals surface area contributed by atoms with E-state index in [1.54, 1.807) is 17.7 Å². The number of hydrogen-bond donors (Lipinski definition) is 1. The Morgan fingerprint density at radius 2 is 2.25 bits per heavy atom. The lowest BCUT2D eigenvalue weighted by molar-refractivity contribution is -0.129. The van der Waals surface area contributed by atoms with Crippen molar-refractivity contribution in [2.75, 3.05) is 6.54 Å². The largest absolute Gasteiger partial charge is 0.357 e. The molecule has 1 aliphatic heterocycles. The number of carbonyl (C=O) groups is 1. The fourth-order valence-corrected chi connectivity index (χ4v) is 3.87. The van der Waals surface area contributed by atoms with Crippen LogP contribution in [0.3, 0.4) is 0 Å². The van der Waals surface area contributed by atoms with Crippen molar-refractivity contribution in [3.63, 3.8) is 0 Å². The number of nitrogens with one attached hydrogen (secondary N) is 1. The van der Waals surface area contributed by atoms with Crippen molar-refractivity contribution in [2.24, 2.45) is 0 Å². The van der Waals surface area contributed by atoms with Crippen molar-refractivity contribution in [3.05, 3.63) is 58.7 Å². The molecule has 122 valence electrons. The first-order valence-corrected chi connectivity index (χ1v) is 9.20. The quantitative estimate of drug-likeness (QED) is 0.721. The summed E-state index contributed by atoms with van der Waals surface area (Å²) in [5.41, 5.74) is 4.88. The van der Waals surface area contributed by atoms with Crippen molar-refractivity contribution < 1.29 is 4.79 Å². The van der Waals surface area contributed by atoms with Crippen LogP contribution in [-0.4, -0.2) is 27.3 Å². The second-order valence-corrected chi connectivity index (χ2v) is 6.82. The van der Waals surface area contributed by atoms with Gasteiger partial charge in [-0.3, -0.25) is 4.79 Å². The van der Waals surface area contributed by atoms with Crippen LogP contribution in [0.5, 0.6) is 0 Å². The van der Waals surface area contributed by atoms with E-state index < -0.39 is 0 Å². The maximum atomic E-state index is 12.7. The number of H-pyrrole nitrogens is 1. The molecule has 0 bridgehead atoms. The number of rotatable bonds is 3. The van der Waals surface area contributed by atoms with Crippen LogP contribution in [0.25, 0.3) is 17.0 Å². The van der Waals surface area contributed by atoms with Gasteiger partial charge >= 0.3 is 0 Å². The monoisotopic (exact) mass is 337 g/mol. The summed E-state index contributed by atoms with van der Waals surface area (Å²) < 4.78 is 0. The molecule has 1 N–H and O–H groups in total. The molecule has 0 radical (unpaired) electrons. The van der Waals surface area contributed by atoms with E-state index in [0.717, 1.165) is 42.7 Å². The minimum absolute atomic E-state index is 0.0614. The van der Waals surface area contributed by atoms with Gasteiger partial charge in [0, 0.05) is 29.2 Å². The first-order chi connectivity index (χ1) is 11.8. The zero-order chi connectivity index (χ0) is 16.4. The van der Waals surface area contributed by atoms with Gasteiger partial charge in [0.25, 0.3) is 0 Å². The Hall–Kier alpha value is -2.40. The summed E-state index contributed by atoms with van der Waals surface area (Å²) in [5, 5.41) is 3.14. The molecule has 2 aromatic heterocycles. The van der Waals surface area contributed by atoms with E-state index in [2.05, 4.69) is 28.2 Å². The van der Waals surface area contributed by atoms with Crippen molar-refractivity contribution >= 4 is 34.2 Å². The number of para-hydroxylation sites is 1. The number of aromatic nitrogens is 2. The maximum Gasteiger partial charge on any atom is 0.247 e. The van der Waals surface area contributed by atoms with Crippen molar-refractivity contribution in [1.82, 2.24) is 14.9 Å². The van der Waals surface area contributed by atoms with Gasteiger partial charge in [-0.25, -0.2) is 4.98 Å². The van der Waals surface area contributed by atoms with Crippen LogP contribution in [0.4, 0.5) is 0 Å². The second kappa shape index (κ2) is 6.61. The van der Waals surface area contributed by atoms with Crippen molar-refractivity contribution in [2.45, 2.75) is 25.3 Å². The van der Waals surface area contributed by atoms with Gasteiger partial charge in [0.15, 0.2) is 0 Å². The zero-order valence-corrected chi connectivity index (χ0v) is 14.1. The van der Waals surface area contributed by atoms with Crippen LogP contribution in [0.15, 0.2) is 47.3 Å². The topological polar surface area (TPSA) is 49.0 Å². The standard InChI is InChI=1S/C19H19N3OS/c23-19(9-8-15-12-24-13-20-15)22-10-4-3-7-18(22)17-11-14-5-1-2-6-16(14)21-17/h1-2,5-6,8-9,11-13,18,21H,3-4,7,10H2/b9-8-/t18-/m0/s1. The third-order valence-electron chi connectivity index (χ3n) is 4.54. The number of nitrogens with zero attached hydrogens (tertiary/aromatic N) is 2. The van der Waals surface area contributed by atoms with Crippen LogP contribution in [0.1, 0.15) is 36.7 Å². The predicted octanol–water partition coefficient (Wildman–Crippen LogP) is 4.39. The molecule has 1 aromatic carbocycles. The van der Waals surface area contributed by atoms with Gasteiger partial charge < -0.3 is 9.88 Å². The summed E-state index contributed by atoms with van der Waals surface area (Å²) in [7, 11) is 0. The Balaban J connectivity index is 1.59. The van der Waals surface area contributed by atoms with E-state index in [1.165, 1.54) is 16.7 Å². The van der Waals surface area contributed by atoms with Gasteiger partial charge in [0.1, 0.15) is 0 Å². The number of hydrogen-bond acceptors (Lipinski definition) is 3. The number of fused-ring (bicyclic) bond motifs is 1. The number of amides is 1. The molecular weight excluding hydrogens is 318 g/mol. The van der Waals surface area contributed by atoms with Gasteiger partial charge in [-0.05, 0) is 42.9 Å². The molecule has 3 aromatic rings. The Bertz CT molecular complexity index is 833. The van der Waals surface area contributed by atoms with E-state index in [-0.39, 0.29) is 11.9 Å². The SMILES string of the molecule is O=C(/C=C\c1cscn1)N1CCCC[C@H]1c1cc2ccccc2[nH]1. The highest BCUT2D eigenvalue weighted by molar-refractivity contribution is 7.07. The fourth-order valence-electron chi connectivity index (χ4n) is 3.35. The molecule has 1 aliphatic rings. The lowest BCUT2D eigenvalue weighted by Gasteiger charge is -2.34. The van der Waals surface area contributed by atoms with E-state index >= 15 is 0 Å². The van der Waals surface area contributed by atoms with E-state index in [0.29, 0.717) is 0 Å². The molecule has 0 aliphatic carbocycles. The van der Waals surface area contributed by atoms with E-state index in [1.807, 2.05) is 22.4 Å². The van der Waals surface area contributed by atoms with Crippen LogP contribution >= 0.6 is 11.3 Å². The molecule has 24 heavy (non-hydrogen) atoms. The van der Waals surface area contributed by atoms with E-state index in [4.69, 9.17) is 0 Å². The Morgan fingerprint density at radius 3 is 3.08 bits per heavy atom. The normalized spacial score (nSPS) is 18.5. The molecule has 0 unspecified atom stereocenters. The summed E-state index contributed by atoms with van der Waals surface area (Å²) in [4.78, 5) is 22.4. The van der Waals surface area contributed by atoms with Gasteiger partial charge in [-0.1, -0.05) is 18.2 Å². The third-order valence-corrected chi connectivity index (χ3v) is 5.15. The number of piperidine rings is 1. The predicted molar refractivity (Wildman–Crippen MR) is 97.8 cm³/mol.